The minimum Gasteiger partial charge on any atom is -0.496 e. The highest BCUT2D eigenvalue weighted by molar-refractivity contribution is 5.33. The van der Waals surface area contributed by atoms with Crippen LogP contribution >= 0.6 is 0 Å². The molecule has 0 radical (unpaired) electrons. The van der Waals surface area contributed by atoms with Crippen LogP contribution in [0, 0.1) is 5.92 Å². The summed E-state index contributed by atoms with van der Waals surface area (Å²) < 4.78 is 5.38. The molecule has 3 heteroatoms. The number of nitrogens with zero attached hydrogens (tertiary/aromatic N) is 1. The molecule has 2 unspecified atom stereocenters. The van der Waals surface area contributed by atoms with E-state index >= 15 is 0 Å². The Morgan fingerprint density at radius 3 is 2.89 bits per heavy atom. The number of methoxy groups -OCH3 is 1. The van der Waals surface area contributed by atoms with Crippen molar-refractivity contribution in [3.8, 4) is 5.75 Å². The van der Waals surface area contributed by atoms with E-state index in [-0.39, 0.29) is 6.10 Å². The molecule has 1 aromatic carbocycles. The number of aliphatic hydroxyl groups excluding tert-OH is 1. The van der Waals surface area contributed by atoms with Crippen LogP contribution in [0.1, 0.15) is 18.9 Å². The Morgan fingerprint density at radius 2 is 2.17 bits per heavy atom. The van der Waals surface area contributed by atoms with Gasteiger partial charge in [0.1, 0.15) is 5.75 Å². The summed E-state index contributed by atoms with van der Waals surface area (Å²) in [6, 6.07) is 8.10. The van der Waals surface area contributed by atoms with E-state index in [1.807, 2.05) is 18.2 Å². The predicted molar refractivity (Wildman–Crippen MR) is 72.9 cm³/mol. The summed E-state index contributed by atoms with van der Waals surface area (Å²) in [6.07, 6.45) is 1.59. The molecular weight excluding hydrogens is 226 g/mol. The zero-order valence-electron chi connectivity index (χ0n) is 11.3. The molecular formula is C15H23NO2. The summed E-state index contributed by atoms with van der Waals surface area (Å²) in [5.41, 5.74) is 1.20. The molecule has 1 saturated heterocycles. The minimum absolute atomic E-state index is 0.183. The van der Waals surface area contributed by atoms with Crippen LogP contribution in [-0.2, 0) is 6.42 Å². The van der Waals surface area contributed by atoms with Crippen molar-refractivity contribution in [3.63, 3.8) is 0 Å². The lowest BCUT2D eigenvalue weighted by atomic mass is 9.88. The van der Waals surface area contributed by atoms with E-state index in [0.29, 0.717) is 5.92 Å². The van der Waals surface area contributed by atoms with Gasteiger partial charge in [0.2, 0.25) is 0 Å². The normalized spacial score (nSPS) is 25.1. The van der Waals surface area contributed by atoms with Gasteiger partial charge in [0, 0.05) is 19.0 Å². The molecule has 0 bridgehead atoms. The topological polar surface area (TPSA) is 32.7 Å². The van der Waals surface area contributed by atoms with E-state index < -0.39 is 0 Å². The van der Waals surface area contributed by atoms with Crippen LogP contribution in [-0.4, -0.2) is 42.9 Å². The molecule has 2 atom stereocenters. The predicted octanol–water partition coefficient (Wildman–Crippen LogP) is 1.94. The number of piperidine rings is 1. The van der Waals surface area contributed by atoms with E-state index in [9.17, 15) is 5.11 Å². The van der Waals surface area contributed by atoms with Crippen LogP contribution in [0.15, 0.2) is 24.3 Å². The van der Waals surface area contributed by atoms with Crippen molar-refractivity contribution in [1.82, 2.24) is 4.90 Å². The molecule has 0 aliphatic carbocycles. The molecule has 100 valence electrons. The van der Waals surface area contributed by atoms with Gasteiger partial charge in [0.25, 0.3) is 0 Å². The lowest BCUT2D eigenvalue weighted by Gasteiger charge is -2.35. The first-order valence-electron chi connectivity index (χ1n) is 6.77. The highest BCUT2D eigenvalue weighted by atomic mass is 16.5. The molecule has 1 aliphatic heterocycles. The Bertz CT molecular complexity index is 381. The number of benzene rings is 1. The van der Waals surface area contributed by atoms with Crippen molar-refractivity contribution in [2.24, 2.45) is 5.92 Å². The average Bonchev–Trinajstić information content (AvgIpc) is 2.42. The van der Waals surface area contributed by atoms with E-state index in [1.54, 1.807) is 7.11 Å². The fourth-order valence-corrected chi connectivity index (χ4v) is 2.74. The number of ether oxygens (including phenoxy) is 1. The van der Waals surface area contributed by atoms with Crippen LogP contribution in [0.2, 0.25) is 0 Å². The third kappa shape index (κ3) is 3.03. The maximum atomic E-state index is 10.1. The Kier molecular flexibility index (Phi) is 4.61. The van der Waals surface area contributed by atoms with Crippen molar-refractivity contribution in [2.45, 2.75) is 25.9 Å². The Balaban J connectivity index is 2.07. The van der Waals surface area contributed by atoms with Gasteiger partial charge in [-0.3, -0.25) is 0 Å². The van der Waals surface area contributed by atoms with Gasteiger partial charge >= 0.3 is 0 Å². The number of para-hydroxylation sites is 1. The Morgan fingerprint density at radius 1 is 1.39 bits per heavy atom. The number of likely N-dealkylation sites (tertiary alicyclic amines) is 1. The van der Waals surface area contributed by atoms with Gasteiger partial charge in [0.15, 0.2) is 0 Å². The van der Waals surface area contributed by atoms with Crippen molar-refractivity contribution < 1.29 is 9.84 Å². The minimum atomic E-state index is -0.183. The number of hydrogen-bond donors (Lipinski definition) is 1. The molecule has 1 N–H and O–H groups in total. The van der Waals surface area contributed by atoms with Crippen LogP contribution in [0.4, 0.5) is 0 Å². The highest BCUT2D eigenvalue weighted by Gasteiger charge is 2.27. The molecule has 1 fully saturated rings. The first-order chi connectivity index (χ1) is 8.74. The first-order valence-corrected chi connectivity index (χ1v) is 6.77. The lowest BCUT2D eigenvalue weighted by Crippen LogP contribution is -2.43. The monoisotopic (exact) mass is 249 g/mol. The summed E-state index contributed by atoms with van der Waals surface area (Å²) in [6.45, 7) is 5.24. The summed E-state index contributed by atoms with van der Waals surface area (Å²) in [4.78, 5) is 2.41. The fraction of sp³-hybridized carbons (Fsp3) is 0.600. The quantitative estimate of drug-likeness (QED) is 0.885. The molecule has 2 rings (SSSR count). The van der Waals surface area contributed by atoms with E-state index in [1.165, 1.54) is 5.56 Å². The second-order valence-electron chi connectivity index (χ2n) is 5.03. The highest BCUT2D eigenvalue weighted by Crippen LogP contribution is 2.26. The van der Waals surface area contributed by atoms with Crippen molar-refractivity contribution in [3.05, 3.63) is 29.8 Å². The second kappa shape index (κ2) is 6.21. The largest absolute Gasteiger partial charge is 0.496 e. The average molecular weight is 249 g/mol. The van der Waals surface area contributed by atoms with Gasteiger partial charge in [-0.05, 0) is 31.0 Å². The summed E-state index contributed by atoms with van der Waals surface area (Å²) >= 11 is 0. The second-order valence-corrected chi connectivity index (χ2v) is 5.03. The molecule has 0 amide bonds. The number of aliphatic hydroxyl groups is 1. The van der Waals surface area contributed by atoms with Crippen LogP contribution < -0.4 is 4.74 Å². The van der Waals surface area contributed by atoms with Crippen LogP contribution in [0.5, 0.6) is 5.75 Å². The van der Waals surface area contributed by atoms with Gasteiger partial charge in [-0.15, -0.1) is 0 Å². The zero-order chi connectivity index (χ0) is 13.0. The van der Waals surface area contributed by atoms with Crippen LogP contribution in [0.25, 0.3) is 0 Å². The van der Waals surface area contributed by atoms with Crippen molar-refractivity contribution in [1.29, 1.82) is 0 Å². The van der Waals surface area contributed by atoms with Crippen molar-refractivity contribution >= 4 is 0 Å². The third-order valence-electron chi connectivity index (χ3n) is 3.90. The third-order valence-corrected chi connectivity index (χ3v) is 3.90. The van der Waals surface area contributed by atoms with Gasteiger partial charge < -0.3 is 14.7 Å². The van der Waals surface area contributed by atoms with Crippen LogP contribution in [0.3, 0.4) is 0 Å². The van der Waals surface area contributed by atoms with E-state index in [2.05, 4.69) is 17.9 Å². The number of rotatable bonds is 4. The Labute approximate surface area is 109 Å². The standard InChI is InChI=1S/C15H23NO2/c1-3-16-9-8-14(17)13(11-16)10-12-6-4-5-7-15(12)18-2/h4-7,13-14,17H,3,8-11H2,1-2H3. The van der Waals surface area contributed by atoms with Crippen molar-refractivity contribution in [2.75, 3.05) is 26.7 Å². The van der Waals surface area contributed by atoms with Gasteiger partial charge in [-0.1, -0.05) is 25.1 Å². The zero-order valence-corrected chi connectivity index (χ0v) is 11.3. The SMILES string of the molecule is CCN1CCC(O)C(Cc2ccccc2OC)C1. The van der Waals surface area contributed by atoms with Gasteiger partial charge in [-0.2, -0.15) is 0 Å². The lowest BCUT2D eigenvalue weighted by molar-refractivity contribution is 0.0288. The number of hydrogen-bond acceptors (Lipinski definition) is 3. The van der Waals surface area contributed by atoms with E-state index in [4.69, 9.17) is 4.74 Å². The molecule has 18 heavy (non-hydrogen) atoms. The molecule has 1 heterocycles. The smallest absolute Gasteiger partial charge is 0.122 e. The first kappa shape index (κ1) is 13.4. The van der Waals surface area contributed by atoms with Gasteiger partial charge in [-0.25, -0.2) is 0 Å². The maximum absolute atomic E-state index is 10.1. The molecule has 3 nitrogen and oxygen atoms in total. The summed E-state index contributed by atoms with van der Waals surface area (Å²) in [5.74, 6) is 1.24. The molecule has 0 spiro atoms. The molecule has 1 aromatic rings. The van der Waals surface area contributed by atoms with Gasteiger partial charge in [0.05, 0.1) is 13.2 Å². The molecule has 1 aliphatic rings. The fourth-order valence-electron chi connectivity index (χ4n) is 2.74. The summed E-state index contributed by atoms with van der Waals surface area (Å²) in [5, 5.41) is 10.1. The molecule has 0 aromatic heterocycles. The summed E-state index contributed by atoms with van der Waals surface area (Å²) in [7, 11) is 1.70. The Hall–Kier alpha value is -1.06. The van der Waals surface area contributed by atoms with E-state index in [0.717, 1.165) is 38.2 Å². The maximum Gasteiger partial charge on any atom is 0.122 e. The molecule has 0 saturated carbocycles.